The van der Waals surface area contributed by atoms with Gasteiger partial charge in [0.2, 0.25) is 17.7 Å². The highest BCUT2D eigenvalue weighted by Crippen LogP contribution is 2.28. The molecule has 0 aliphatic heterocycles. The molecule has 0 bridgehead atoms. The first-order valence-corrected chi connectivity index (χ1v) is 8.40. The lowest BCUT2D eigenvalue weighted by Crippen LogP contribution is -2.18. The van der Waals surface area contributed by atoms with E-state index in [1.54, 1.807) is 31.2 Å². The van der Waals surface area contributed by atoms with Gasteiger partial charge in [0.1, 0.15) is 0 Å². The van der Waals surface area contributed by atoms with Crippen LogP contribution in [0.3, 0.4) is 0 Å². The van der Waals surface area contributed by atoms with E-state index in [2.05, 4.69) is 15.5 Å². The largest absolute Gasteiger partial charge is 0.465 e. The van der Waals surface area contributed by atoms with Crippen LogP contribution in [0.15, 0.2) is 59.0 Å². The monoisotopic (exact) mass is 365 g/mol. The van der Waals surface area contributed by atoms with Gasteiger partial charge in [-0.25, -0.2) is 4.79 Å². The molecule has 3 aromatic rings. The van der Waals surface area contributed by atoms with Crippen molar-refractivity contribution in [1.82, 2.24) is 10.2 Å². The highest BCUT2D eigenvalue weighted by Gasteiger charge is 2.24. The lowest BCUT2D eigenvalue weighted by Gasteiger charge is -2.14. The molecule has 1 heterocycles. The van der Waals surface area contributed by atoms with Gasteiger partial charge in [-0.05, 0) is 17.7 Å². The molecule has 138 valence electrons. The van der Waals surface area contributed by atoms with Gasteiger partial charge < -0.3 is 14.5 Å². The average Bonchev–Trinajstić information content (AvgIpc) is 3.12. The van der Waals surface area contributed by atoms with E-state index in [-0.39, 0.29) is 12.3 Å². The molecule has 7 heteroatoms. The summed E-state index contributed by atoms with van der Waals surface area (Å²) >= 11 is 0. The van der Waals surface area contributed by atoms with Gasteiger partial charge in [0, 0.05) is 13.3 Å². The second kappa shape index (κ2) is 8.27. The number of aryl methyl sites for hydroxylation is 1. The van der Waals surface area contributed by atoms with Crippen LogP contribution in [0.4, 0.5) is 5.69 Å². The van der Waals surface area contributed by atoms with Crippen molar-refractivity contribution in [1.29, 1.82) is 0 Å². The fraction of sp³-hybridized carbons (Fsp3) is 0.200. The van der Waals surface area contributed by atoms with Gasteiger partial charge in [-0.3, -0.25) is 4.79 Å². The normalized spacial score (nSPS) is 11.6. The summed E-state index contributed by atoms with van der Waals surface area (Å²) in [5.41, 5.74) is 1.57. The van der Waals surface area contributed by atoms with E-state index in [1.807, 2.05) is 30.3 Å². The third kappa shape index (κ3) is 4.38. The summed E-state index contributed by atoms with van der Waals surface area (Å²) in [5.74, 6) is -0.385. The zero-order chi connectivity index (χ0) is 19.2. The number of hydrogen-bond donors (Lipinski definition) is 1. The smallest absolute Gasteiger partial charge is 0.339 e. The highest BCUT2D eigenvalue weighted by molar-refractivity contribution is 6.01. The predicted molar refractivity (Wildman–Crippen MR) is 98.3 cm³/mol. The molecule has 0 aliphatic rings. The Kier molecular flexibility index (Phi) is 5.61. The van der Waals surface area contributed by atoms with Crippen molar-refractivity contribution in [3.05, 3.63) is 77.5 Å². The molecule has 0 spiro atoms. The van der Waals surface area contributed by atoms with Gasteiger partial charge in [0.05, 0.1) is 24.3 Å². The van der Waals surface area contributed by atoms with E-state index < -0.39 is 11.9 Å². The van der Waals surface area contributed by atoms with E-state index >= 15 is 0 Å². The lowest BCUT2D eigenvalue weighted by atomic mass is 9.95. The molecule has 0 fully saturated rings. The number of rotatable bonds is 6. The number of para-hydroxylation sites is 1. The summed E-state index contributed by atoms with van der Waals surface area (Å²) in [7, 11) is 1.30. The molecule has 1 unspecified atom stereocenters. The molecule has 0 saturated carbocycles. The standard InChI is InChI=1S/C20H19N3O4/c1-13-22-23-19(27-13)16(14-8-4-3-5-9-14)12-18(24)21-17-11-7-6-10-15(17)20(25)26-2/h3-11,16H,12H2,1-2H3,(H,21,24). The fourth-order valence-corrected chi connectivity index (χ4v) is 2.75. The minimum absolute atomic E-state index is 0.0845. The first-order valence-electron chi connectivity index (χ1n) is 8.40. The third-order valence-corrected chi connectivity index (χ3v) is 4.04. The Morgan fingerprint density at radius 3 is 2.44 bits per heavy atom. The average molecular weight is 365 g/mol. The van der Waals surface area contributed by atoms with Crippen molar-refractivity contribution in [3.8, 4) is 0 Å². The molecule has 0 saturated heterocycles. The van der Waals surface area contributed by atoms with Crippen LogP contribution in [-0.4, -0.2) is 29.2 Å². The summed E-state index contributed by atoms with van der Waals surface area (Å²) in [6, 6.07) is 16.2. The number of hydrogen-bond acceptors (Lipinski definition) is 6. The number of amides is 1. The van der Waals surface area contributed by atoms with E-state index in [9.17, 15) is 9.59 Å². The summed E-state index contributed by atoms with van der Waals surface area (Å²) in [6.45, 7) is 1.70. The Balaban J connectivity index is 1.83. The molecular formula is C20H19N3O4. The van der Waals surface area contributed by atoms with Crippen molar-refractivity contribution in [2.45, 2.75) is 19.3 Å². The number of anilines is 1. The molecule has 1 amide bonds. The Morgan fingerprint density at radius 2 is 1.78 bits per heavy atom. The maximum atomic E-state index is 12.7. The van der Waals surface area contributed by atoms with E-state index in [1.165, 1.54) is 7.11 Å². The summed E-state index contributed by atoms with van der Waals surface area (Å²) in [5, 5.41) is 10.7. The number of carbonyl (C=O) groups excluding carboxylic acids is 2. The van der Waals surface area contributed by atoms with Crippen LogP contribution >= 0.6 is 0 Å². The fourth-order valence-electron chi connectivity index (χ4n) is 2.75. The van der Waals surface area contributed by atoms with Crippen LogP contribution < -0.4 is 5.32 Å². The molecule has 1 atom stereocenters. The van der Waals surface area contributed by atoms with Gasteiger partial charge in [0.25, 0.3) is 0 Å². The molecule has 7 nitrogen and oxygen atoms in total. The Labute approximate surface area is 156 Å². The topological polar surface area (TPSA) is 94.3 Å². The number of carbonyl (C=O) groups is 2. The van der Waals surface area contributed by atoms with Crippen LogP contribution in [0.5, 0.6) is 0 Å². The zero-order valence-electron chi connectivity index (χ0n) is 15.0. The summed E-state index contributed by atoms with van der Waals surface area (Å²) < 4.78 is 10.3. The van der Waals surface area contributed by atoms with Crippen LogP contribution in [-0.2, 0) is 9.53 Å². The van der Waals surface area contributed by atoms with Gasteiger partial charge in [-0.15, -0.1) is 10.2 Å². The second-order valence-corrected chi connectivity index (χ2v) is 5.91. The summed E-state index contributed by atoms with van der Waals surface area (Å²) in [4.78, 5) is 24.6. The maximum Gasteiger partial charge on any atom is 0.339 e. The third-order valence-electron chi connectivity index (χ3n) is 4.04. The van der Waals surface area contributed by atoms with Crippen LogP contribution in [0.1, 0.15) is 40.0 Å². The number of nitrogens with one attached hydrogen (secondary N) is 1. The van der Waals surface area contributed by atoms with Gasteiger partial charge in [0.15, 0.2) is 0 Å². The van der Waals surface area contributed by atoms with Crippen LogP contribution in [0, 0.1) is 6.92 Å². The second-order valence-electron chi connectivity index (χ2n) is 5.91. The zero-order valence-corrected chi connectivity index (χ0v) is 15.0. The number of aromatic nitrogens is 2. The number of ether oxygens (including phenoxy) is 1. The van der Waals surface area contributed by atoms with E-state index in [0.717, 1.165) is 5.56 Å². The number of nitrogens with zero attached hydrogens (tertiary/aromatic N) is 2. The molecule has 0 radical (unpaired) electrons. The Bertz CT molecular complexity index is 937. The van der Waals surface area contributed by atoms with Crippen LogP contribution in [0.25, 0.3) is 0 Å². The van der Waals surface area contributed by atoms with Crippen molar-refractivity contribution in [3.63, 3.8) is 0 Å². The van der Waals surface area contributed by atoms with Crippen molar-refractivity contribution in [2.24, 2.45) is 0 Å². The minimum Gasteiger partial charge on any atom is -0.465 e. The quantitative estimate of drug-likeness (QED) is 0.674. The molecule has 1 aromatic heterocycles. The number of esters is 1. The lowest BCUT2D eigenvalue weighted by molar-refractivity contribution is -0.116. The highest BCUT2D eigenvalue weighted by atomic mass is 16.5. The predicted octanol–water partition coefficient (Wildman–Crippen LogP) is 3.33. The summed E-state index contributed by atoms with van der Waals surface area (Å²) in [6.07, 6.45) is 0.0845. The molecule has 1 N–H and O–H groups in total. The van der Waals surface area contributed by atoms with Crippen LogP contribution in [0.2, 0.25) is 0 Å². The first kappa shape index (κ1) is 18.3. The van der Waals surface area contributed by atoms with Gasteiger partial charge in [-0.2, -0.15) is 0 Å². The van der Waals surface area contributed by atoms with Gasteiger partial charge in [-0.1, -0.05) is 42.5 Å². The van der Waals surface area contributed by atoms with Crippen molar-refractivity contribution >= 4 is 17.6 Å². The Hall–Kier alpha value is -3.48. The number of benzene rings is 2. The first-order chi connectivity index (χ1) is 13.1. The number of methoxy groups -OCH3 is 1. The van der Waals surface area contributed by atoms with E-state index in [0.29, 0.717) is 23.0 Å². The van der Waals surface area contributed by atoms with Gasteiger partial charge >= 0.3 is 5.97 Å². The SMILES string of the molecule is COC(=O)c1ccccc1NC(=O)CC(c1ccccc1)c1nnc(C)o1. The molecular weight excluding hydrogens is 346 g/mol. The van der Waals surface area contributed by atoms with Crippen molar-refractivity contribution < 1.29 is 18.7 Å². The molecule has 27 heavy (non-hydrogen) atoms. The maximum absolute atomic E-state index is 12.7. The Morgan fingerprint density at radius 1 is 1.07 bits per heavy atom. The molecule has 2 aromatic carbocycles. The molecule has 3 rings (SSSR count). The molecule has 0 aliphatic carbocycles. The van der Waals surface area contributed by atoms with Crippen molar-refractivity contribution in [2.75, 3.05) is 12.4 Å². The van der Waals surface area contributed by atoms with E-state index in [4.69, 9.17) is 9.15 Å². The minimum atomic E-state index is -0.516.